The van der Waals surface area contributed by atoms with Gasteiger partial charge in [-0.15, -0.1) is 0 Å². The van der Waals surface area contributed by atoms with Crippen LogP contribution in [0.3, 0.4) is 0 Å². The van der Waals surface area contributed by atoms with Gasteiger partial charge in [0, 0.05) is 6.54 Å². The van der Waals surface area contributed by atoms with Crippen LogP contribution in [0.1, 0.15) is 24.2 Å². The number of hydrogen-bond donors (Lipinski definition) is 3. The Balaban J connectivity index is 1.74. The maximum Gasteiger partial charge on any atom is 0.160 e. The number of benzene rings is 1. The molecule has 6 heteroatoms. The van der Waals surface area contributed by atoms with Crippen molar-refractivity contribution in [3.05, 3.63) is 47.9 Å². The monoisotopic (exact) mass is 269 g/mol. The highest BCUT2D eigenvalue weighted by atomic mass is 16.3. The third-order valence-corrected chi connectivity index (χ3v) is 3.17. The van der Waals surface area contributed by atoms with Gasteiger partial charge in [-0.05, 0) is 18.1 Å². The number of fused-ring (bicyclic) bond motifs is 1. The van der Waals surface area contributed by atoms with E-state index in [-0.39, 0.29) is 0 Å². The molecule has 6 nitrogen and oxygen atoms in total. The normalized spacial score (nSPS) is 12.5. The summed E-state index contributed by atoms with van der Waals surface area (Å²) < 4.78 is 0. The predicted molar refractivity (Wildman–Crippen MR) is 76.1 cm³/mol. The van der Waals surface area contributed by atoms with Crippen LogP contribution in [0.15, 0.2) is 36.8 Å². The van der Waals surface area contributed by atoms with Crippen molar-refractivity contribution in [1.29, 1.82) is 0 Å². The first-order valence-corrected chi connectivity index (χ1v) is 6.39. The standard InChI is InChI=1S/C14H15N5O/c1-9(20)11-4-2-10(3-5-11)6-15-13-12-7-18-19-14(12)17-8-16-13/h2-5,7-9,20H,6H2,1H3,(H2,15,16,17,18,19). The molecule has 0 fully saturated rings. The van der Waals surface area contributed by atoms with Crippen molar-refractivity contribution in [3.8, 4) is 0 Å². The highest BCUT2D eigenvalue weighted by molar-refractivity contribution is 5.85. The van der Waals surface area contributed by atoms with Gasteiger partial charge in [0.15, 0.2) is 5.65 Å². The van der Waals surface area contributed by atoms with Crippen LogP contribution in [0.4, 0.5) is 5.82 Å². The van der Waals surface area contributed by atoms with E-state index in [1.807, 2.05) is 24.3 Å². The molecule has 20 heavy (non-hydrogen) atoms. The lowest BCUT2D eigenvalue weighted by Crippen LogP contribution is -2.02. The fourth-order valence-corrected chi connectivity index (χ4v) is 2.01. The van der Waals surface area contributed by atoms with Gasteiger partial charge in [0.1, 0.15) is 12.1 Å². The van der Waals surface area contributed by atoms with Crippen LogP contribution in [0.2, 0.25) is 0 Å². The maximum atomic E-state index is 9.47. The molecule has 102 valence electrons. The number of hydrogen-bond acceptors (Lipinski definition) is 5. The Hall–Kier alpha value is -2.47. The number of rotatable bonds is 4. The Morgan fingerprint density at radius 2 is 2.05 bits per heavy atom. The van der Waals surface area contributed by atoms with E-state index in [1.54, 1.807) is 13.1 Å². The summed E-state index contributed by atoms with van der Waals surface area (Å²) in [5.74, 6) is 0.753. The zero-order valence-electron chi connectivity index (χ0n) is 11.0. The molecule has 0 radical (unpaired) electrons. The first-order valence-electron chi connectivity index (χ1n) is 6.39. The van der Waals surface area contributed by atoms with Crippen LogP contribution < -0.4 is 5.32 Å². The lowest BCUT2D eigenvalue weighted by molar-refractivity contribution is 0.199. The molecule has 0 spiro atoms. The zero-order valence-corrected chi connectivity index (χ0v) is 11.0. The summed E-state index contributed by atoms with van der Waals surface area (Å²) in [5.41, 5.74) is 2.74. The number of aliphatic hydroxyl groups excluding tert-OH is 1. The maximum absolute atomic E-state index is 9.47. The van der Waals surface area contributed by atoms with Crippen LogP contribution in [-0.2, 0) is 6.54 Å². The molecule has 0 aliphatic rings. The summed E-state index contributed by atoms with van der Waals surface area (Å²) >= 11 is 0. The summed E-state index contributed by atoms with van der Waals surface area (Å²) in [6, 6.07) is 7.83. The fraction of sp³-hybridized carbons (Fsp3) is 0.214. The van der Waals surface area contributed by atoms with E-state index in [2.05, 4.69) is 25.5 Å². The van der Waals surface area contributed by atoms with Gasteiger partial charge < -0.3 is 10.4 Å². The van der Waals surface area contributed by atoms with Gasteiger partial charge in [-0.2, -0.15) is 5.10 Å². The number of H-pyrrole nitrogens is 1. The lowest BCUT2D eigenvalue weighted by Gasteiger charge is -2.08. The van der Waals surface area contributed by atoms with E-state index in [0.29, 0.717) is 12.2 Å². The van der Waals surface area contributed by atoms with E-state index < -0.39 is 6.10 Å². The molecule has 2 aromatic heterocycles. The van der Waals surface area contributed by atoms with Crippen molar-refractivity contribution in [3.63, 3.8) is 0 Å². The number of aromatic nitrogens is 4. The molecule has 3 rings (SSSR count). The second kappa shape index (κ2) is 5.26. The quantitative estimate of drug-likeness (QED) is 0.674. The second-order valence-corrected chi connectivity index (χ2v) is 4.63. The van der Waals surface area contributed by atoms with Crippen LogP contribution in [0, 0.1) is 0 Å². The number of nitrogens with one attached hydrogen (secondary N) is 2. The van der Waals surface area contributed by atoms with Crippen molar-refractivity contribution in [2.75, 3.05) is 5.32 Å². The molecule has 2 heterocycles. The van der Waals surface area contributed by atoms with Gasteiger partial charge in [0.2, 0.25) is 0 Å². The highest BCUT2D eigenvalue weighted by Gasteiger charge is 2.05. The van der Waals surface area contributed by atoms with E-state index in [4.69, 9.17) is 0 Å². The SMILES string of the molecule is CC(O)c1ccc(CNc2ncnc3[nH]ncc23)cc1. The Bertz CT molecular complexity index is 705. The molecule has 3 N–H and O–H groups in total. The minimum Gasteiger partial charge on any atom is -0.389 e. The fourth-order valence-electron chi connectivity index (χ4n) is 2.01. The molecule has 0 saturated carbocycles. The van der Waals surface area contributed by atoms with Crippen molar-refractivity contribution >= 4 is 16.9 Å². The molecule has 0 amide bonds. The molecule has 1 unspecified atom stereocenters. The number of aromatic amines is 1. The Labute approximate surface area is 115 Å². The van der Waals surface area contributed by atoms with E-state index in [9.17, 15) is 5.11 Å². The molecular formula is C14H15N5O. The third kappa shape index (κ3) is 2.46. The van der Waals surface area contributed by atoms with Crippen molar-refractivity contribution < 1.29 is 5.11 Å². The molecule has 0 aliphatic heterocycles. The average molecular weight is 269 g/mol. The smallest absolute Gasteiger partial charge is 0.160 e. The van der Waals surface area contributed by atoms with E-state index in [0.717, 1.165) is 22.3 Å². The topological polar surface area (TPSA) is 86.7 Å². The number of aliphatic hydroxyl groups is 1. The summed E-state index contributed by atoms with van der Waals surface area (Å²) in [6.45, 7) is 2.40. The number of nitrogens with zero attached hydrogens (tertiary/aromatic N) is 3. The summed E-state index contributed by atoms with van der Waals surface area (Å²) in [5, 5.41) is 20.4. The Morgan fingerprint density at radius 3 is 2.80 bits per heavy atom. The lowest BCUT2D eigenvalue weighted by atomic mass is 10.1. The molecule has 1 aromatic carbocycles. The summed E-state index contributed by atoms with van der Waals surface area (Å²) in [7, 11) is 0. The highest BCUT2D eigenvalue weighted by Crippen LogP contribution is 2.18. The zero-order chi connectivity index (χ0) is 13.9. The predicted octanol–water partition coefficient (Wildman–Crippen LogP) is 2.02. The summed E-state index contributed by atoms with van der Waals surface area (Å²) in [4.78, 5) is 8.31. The largest absolute Gasteiger partial charge is 0.389 e. The van der Waals surface area contributed by atoms with Crippen molar-refractivity contribution in [2.45, 2.75) is 19.6 Å². The first kappa shape index (κ1) is 12.6. The van der Waals surface area contributed by atoms with Crippen molar-refractivity contribution in [1.82, 2.24) is 20.2 Å². The van der Waals surface area contributed by atoms with Crippen LogP contribution in [0.25, 0.3) is 11.0 Å². The average Bonchev–Trinajstić information content (AvgIpc) is 2.94. The minimum absolute atomic E-state index is 0.440. The van der Waals surface area contributed by atoms with Gasteiger partial charge >= 0.3 is 0 Å². The molecule has 0 bridgehead atoms. The van der Waals surface area contributed by atoms with Crippen molar-refractivity contribution in [2.24, 2.45) is 0 Å². The molecule has 3 aromatic rings. The van der Waals surface area contributed by atoms with Crippen LogP contribution >= 0.6 is 0 Å². The minimum atomic E-state index is -0.440. The summed E-state index contributed by atoms with van der Waals surface area (Å²) in [6.07, 6.45) is 2.76. The van der Waals surface area contributed by atoms with Crippen LogP contribution in [-0.4, -0.2) is 25.3 Å². The molecule has 0 saturated heterocycles. The van der Waals surface area contributed by atoms with Gasteiger partial charge in [-0.3, -0.25) is 5.10 Å². The van der Waals surface area contributed by atoms with E-state index >= 15 is 0 Å². The Morgan fingerprint density at radius 1 is 1.25 bits per heavy atom. The van der Waals surface area contributed by atoms with Gasteiger partial charge in [0.25, 0.3) is 0 Å². The van der Waals surface area contributed by atoms with Gasteiger partial charge in [-0.25, -0.2) is 9.97 Å². The van der Waals surface area contributed by atoms with E-state index in [1.165, 1.54) is 6.33 Å². The molecule has 0 aliphatic carbocycles. The number of anilines is 1. The first-order chi connectivity index (χ1) is 9.74. The second-order valence-electron chi connectivity index (χ2n) is 4.63. The van der Waals surface area contributed by atoms with Crippen LogP contribution in [0.5, 0.6) is 0 Å². The molecular weight excluding hydrogens is 254 g/mol. The van der Waals surface area contributed by atoms with Gasteiger partial charge in [-0.1, -0.05) is 24.3 Å². The van der Waals surface area contributed by atoms with Gasteiger partial charge in [0.05, 0.1) is 17.7 Å². The Kier molecular flexibility index (Phi) is 3.30. The molecule has 1 atom stereocenters. The third-order valence-electron chi connectivity index (χ3n) is 3.17.